The van der Waals surface area contributed by atoms with E-state index in [0.717, 1.165) is 11.1 Å². The van der Waals surface area contributed by atoms with Gasteiger partial charge in [-0.2, -0.15) is 0 Å². The predicted octanol–water partition coefficient (Wildman–Crippen LogP) is 5.14. The average molecular weight is 468 g/mol. The second kappa shape index (κ2) is 10.7. The number of anilines is 1. The number of ether oxygens (including phenoxy) is 1. The Kier molecular flexibility index (Phi) is 8.48. The number of carbonyl (C=O) groups is 3. The second-order valence-electron chi connectivity index (χ2n) is 10.4. The first kappa shape index (κ1) is 26.9. The van der Waals surface area contributed by atoms with Gasteiger partial charge in [0.2, 0.25) is 5.91 Å². The topological polar surface area (TPSA) is 87.7 Å². The van der Waals surface area contributed by atoms with Gasteiger partial charge in [-0.05, 0) is 78.1 Å². The molecular weight excluding hydrogens is 430 g/mol. The largest absolute Gasteiger partial charge is 0.444 e. The van der Waals surface area contributed by atoms with E-state index in [4.69, 9.17) is 4.74 Å². The fraction of sp³-hybridized carbons (Fsp3) is 0.444. The third kappa shape index (κ3) is 7.33. The summed E-state index contributed by atoms with van der Waals surface area (Å²) in [6.45, 7) is 14.4. The minimum atomic E-state index is -0.909. The van der Waals surface area contributed by atoms with E-state index >= 15 is 0 Å². The molecule has 0 aliphatic heterocycles. The van der Waals surface area contributed by atoms with Gasteiger partial charge in [0, 0.05) is 11.2 Å². The molecule has 2 rings (SSSR count). The summed E-state index contributed by atoms with van der Waals surface area (Å²) in [5, 5.41) is 5.52. The third-order valence-electron chi connectivity index (χ3n) is 5.17. The second-order valence-corrected chi connectivity index (χ2v) is 10.4. The Bertz CT molecular complexity index is 1030. The van der Waals surface area contributed by atoms with Gasteiger partial charge in [-0.3, -0.25) is 9.59 Å². The minimum absolute atomic E-state index is 0.299. The molecule has 2 N–H and O–H groups in total. The first-order valence-corrected chi connectivity index (χ1v) is 11.4. The van der Waals surface area contributed by atoms with E-state index in [1.807, 2.05) is 83.1 Å². The molecule has 7 nitrogen and oxygen atoms in total. The molecule has 1 unspecified atom stereocenters. The zero-order chi connectivity index (χ0) is 25.7. The van der Waals surface area contributed by atoms with Crippen LogP contribution in [0.1, 0.15) is 64.3 Å². The molecule has 2 aromatic rings. The predicted molar refractivity (Wildman–Crippen MR) is 135 cm³/mol. The van der Waals surface area contributed by atoms with E-state index < -0.39 is 29.2 Å². The van der Waals surface area contributed by atoms with Crippen LogP contribution in [0.25, 0.3) is 0 Å². The lowest BCUT2D eigenvalue weighted by atomic mass is 9.93. The standard InChI is InChI=1S/C27H37N3O4/c1-18-13-9-11-15-20(18)23(24(32)29-21-16-12-10-14-19(21)2)30(26(3,4)5)22(31)17-28-25(33)34-27(6,7)8/h9-16,23H,17H2,1-8H3,(H,28,33)(H,29,32). The summed E-state index contributed by atoms with van der Waals surface area (Å²) < 4.78 is 5.26. The van der Waals surface area contributed by atoms with Crippen LogP contribution in [0.4, 0.5) is 10.5 Å². The van der Waals surface area contributed by atoms with Crippen LogP contribution >= 0.6 is 0 Å². The number of nitrogens with zero attached hydrogens (tertiary/aromatic N) is 1. The smallest absolute Gasteiger partial charge is 0.408 e. The Labute approximate surface area is 202 Å². The molecule has 0 aromatic heterocycles. The van der Waals surface area contributed by atoms with E-state index in [9.17, 15) is 14.4 Å². The number of aryl methyl sites for hydroxylation is 2. The highest BCUT2D eigenvalue weighted by atomic mass is 16.6. The molecule has 0 aliphatic rings. The molecule has 0 bridgehead atoms. The SMILES string of the molecule is Cc1ccccc1NC(=O)C(c1ccccc1C)N(C(=O)CNC(=O)OC(C)(C)C)C(C)(C)C. The molecule has 3 amide bonds. The number of amides is 3. The maximum Gasteiger partial charge on any atom is 0.408 e. The monoisotopic (exact) mass is 467 g/mol. The van der Waals surface area contributed by atoms with Gasteiger partial charge in [0.1, 0.15) is 18.2 Å². The number of alkyl carbamates (subject to hydrolysis) is 1. The lowest BCUT2D eigenvalue weighted by molar-refractivity contribution is -0.144. The molecule has 7 heteroatoms. The van der Waals surface area contributed by atoms with E-state index in [-0.39, 0.29) is 12.5 Å². The minimum Gasteiger partial charge on any atom is -0.444 e. The number of benzene rings is 2. The molecular formula is C27H37N3O4. The molecule has 0 saturated carbocycles. The van der Waals surface area contributed by atoms with E-state index in [0.29, 0.717) is 11.3 Å². The third-order valence-corrected chi connectivity index (χ3v) is 5.17. The molecule has 0 fully saturated rings. The van der Waals surface area contributed by atoms with Crippen molar-refractivity contribution in [3.63, 3.8) is 0 Å². The maximum absolute atomic E-state index is 13.7. The van der Waals surface area contributed by atoms with Crippen molar-refractivity contribution in [3.8, 4) is 0 Å². The van der Waals surface area contributed by atoms with Gasteiger partial charge < -0.3 is 20.3 Å². The summed E-state index contributed by atoms with van der Waals surface area (Å²) in [7, 11) is 0. The van der Waals surface area contributed by atoms with Crippen molar-refractivity contribution in [2.75, 3.05) is 11.9 Å². The van der Waals surface area contributed by atoms with Gasteiger partial charge in [0.15, 0.2) is 0 Å². The fourth-order valence-electron chi connectivity index (χ4n) is 3.66. The molecule has 0 saturated heterocycles. The van der Waals surface area contributed by atoms with Crippen molar-refractivity contribution in [1.82, 2.24) is 10.2 Å². The number of hydrogen-bond donors (Lipinski definition) is 2. The summed E-state index contributed by atoms with van der Waals surface area (Å²) in [6, 6.07) is 14.1. The zero-order valence-electron chi connectivity index (χ0n) is 21.5. The number of rotatable bonds is 6. The van der Waals surface area contributed by atoms with Crippen LogP contribution in [0, 0.1) is 13.8 Å². The molecule has 0 heterocycles. The van der Waals surface area contributed by atoms with E-state index in [2.05, 4.69) is 10.6 Å². The zero-order valence-corrected chi connectivity index (χ0v) is 21.5. The maximum atomic E-state index is 13.7. The lowest BCUT2D eigenvalue weighted by Crippen LogP contribution is -2.54. The highest BCUT2D eigenvalue weighted by Gasteiger charge is 2.39. The first-order valence-electron chi connectivity index (χ1n) is 11.4. The Morgan fingerprint density at radius 3 is 1.97 bits per heavy atom. The lowest BCUT2D eigenvalue weighted by Gasteiger charge is -2.41. The molecule has 0 aliphatic carbocycles. The molecule has 34 heavy (non-hydrogen) atoms. The van der Waals surface area contributed by atoms with E-state index in [1.54, 1.807) is 20.8 Å². The summed E-state index contributed by atoms with van der Waals surface area (Å²) in [5.41, 5.74) is 1.79. The molecule has 0 radical (unpaired) electrons. The number of hydrogen-bond acceptors (Lipinski definition) is 4. The van der Waals surface area contributed by atoms with Crippen LogP contribution in [0.15, 0.2) is 48.5 Å². The van der Waals surface area contributed by atoms with Gasteiger partial charge in [-0.15, -0.1) is 0 Å². The molecule has 2 aromatic carbocycles. The average Bonchev–Trinajstić information content (AvgIpc) is 2.70. The first-order chi connectivity index (χ1) is 15.7. The van der Waals surface area contributed by atoms with Crippen LogP contribution in [0.2, 0.25) is 0 Å². The molecule has 184 valence electrons. The van der Waals surface area contributed by atoms with Gasteiger partial charge in [-0.25, -0.2) is 4.79 Å². The van der Waals surface area contributed by atoms with Crippen LogP contribution in [-0.2, 0) is 14.3 Å². The number of carbonyl (C=O) groups excluding carboxylic acids is 3. The van der Waals surface area contributed by atoms with Gasteiger partial charge in [0.05, 0.1) is 0 Å². The number of para-hydroxylation sites is 1. The Morgan fingerprint density at radius 1 is 0.882 bits per heavy atom. The Hall–Kier alpha value is -3.35. The number of nitrogens with one attached hydrogen (secondary N) is 2. The Morgan fingerprint density at radius 2 is 1.44 bits per heavy atom. The quantitative estimate of drug-likeness (QED) is 0.616. The van der Waals surface area contributed by atoms with Gasteiger partial charge in [0.25, 0.3) is 5.91 Å². The van der Waals surface area contributed by atoms with Crippen LogP contribution in [0.5, 0.6) is 0 Å². The van der Waals surface area contributed by atoms with Crippen LogP contribution in [-0.4, -0.2) is 40.5 Å². The van der Waals surface area contributed by atoms with Crippen LogP contribution < -0.4 is 10.6 Å². The van der Waals surface area contributed by atoms with Gasteiger partial charge in [-0.1, -0.05) is 42.5 Å². The summed E-state index contributed by atoms with van der Waals surface area (Å²) >= 11 is 0. The fourth-order valence-corrected chi connectivity index (χ4v) is 3.66. The molecule has 1 atom stereocenters. The summed E-state index contributed by atoms with van der Waals surface area (Å²) in [5.74, 6) is -0.726. The van der Waals surface area contributed by atoms with Gasteiger partial charge >= 0.3 is 6.09 Å². The van der Waals surface area contributed by atoms with Crippen molar-refractivity contribution in [1.29, 1.82) is 0 Å². The Balaban J connectivity index is 2.44. The van der Waals surface area contributed by atoms with Crippen molar-refractivity contribution >= 4 is 23.6 Å². The highest BCUT2D eigenvalue weighted by molar-refractivity contribution is 5.99. The van der Waals surface area contributed by atoms with E-state index in [1.165, 1.54) is 4.90 Å². The van der Waals surface area contributed by atoms with Crippen molar-refractivity contribution in [2.24, 2.45) is 0 Å². The van der Waals surface area contributed by atoms with Crippen molar-refractivity contribution in [2.45, 2.75) is 72.6 Å². The highest BCUT2D eigenvalue weighted by Crippen LogP contribution is 2.32. The summed E-state index contributed by atoms with van der Waals surface area (Å²) in [4.78, 5) is 40.9. The van der Waals surface area contributed by atoms with Crippen LogP contribution in [0.3, 0.4) is 0 Å². The summed E-state index contributed by atoms with van der Waals surface area (Å²) in [6.07, 6.45) is -0.688. The normalized spacial score (nSPS) is 12.5. The van der Waals surface area contributed by atoms with Crippen molar-refractivity contribution in [3.05, 3.63) is 65.2 Å². The molecule has 0 spiro atoms. The van der Waals surface area contributed by atoms with Crippen molar-refractivity contribution < 1.29 is 19.1 Å².